The maximum atomic E-state index is 4.84. The van der Waals surface area contributed by atoms with E-state index in [2.05, 4.69) is 67.4 Å². The Balaban J connectivity index is 1.62. The van der Waals surface area contributed by atoms with Crippen LogP contribution < -0.4 is 5.32 Å². The zero-order valence-corrected chi connectivity index (χ0v) is 20.8. The third-order valence-corrected chi connectivity index (χ3v) is 7.61. The van der Waals surface area contributed by atoms with Crippen molar-refractivity contribution >= 4 is 15.9 Å². The first-order valence-corrected chi connectivity index (χ1v) is 15.0. The number of benzene rings is 1. The van der Waals surface area contributed by atoms with Crippen LogP contribution in [-0.2, 0) is 0 Å². The van der Waals surface area contributed by atoms with Crippen LogP contribution >= 0.6 is 10.0 Å². The lowest BCUT2D eigenvalue weighted by molar-refractivity contribution is 0.443. The molecule has 2 aromatic rings. The molecule has 3 nitrogen and oxygen atoms in total. The van der Waals surface area contributed by atoms with Gasteiger partial charge in [-0.1, -0.05) is 43.5 Å². The third-order valence-electron chi connectivity index (χ3n) is 6.10. The Morgan fingerprint density at radius 3 is 2.35 bits per heavy atom. The predicted molar refractivity (Wildman–Crippen MR) is 140 cm³/mol. The molecule has 4 heteroatoms. The van der Waals surface area contributed by atoms with E-state index in [0.717, 1.165) is 42.5 Å². The van der Waals surface area contributed by atoms with Crippen molar-refractivity contribution in [3.8, 4) is 11.3 Å². The predicted octanol–water partition coefficient (Wildman–Crippen LogP) is 6.63. The van der Waals surface area contributed by atoms with Crippen molar-refractivity contribution in [2.75, 3.05) is 37.6 Å². The van der Waals surface area contributed by atoms with Crippen molar-refractivity contribution in [3.63, 3.8) is 0 Å². The van der Waals surface area contributed by atoms with E-state index in [1.807, 2.05) is 6.20 Å². The van der Waals surface area contributed by atoms with E-state index in [4.69, 9.17) is 9.98 Å². The molecular formula is C27H41N3S. The largest absolute Gasteiger partial charge is 0.370 e. The fourth-order valence-corrected chi connectivity index (χ4v) is 5.39. The van der Waals surface area contributed by atoms with Crippen molar-refractivity contribution in [2.45, 2.75) is 57.8 Å². The minimum Gasteiger partial charge on any atom is -0.370 e. The molecule has 1 aliphatic carbocycles. The maximum absolute atomic E-state index is 4.84. The Kier molecular flexibility index (Phi) is 9.01. The van der Waals surface area contributed by atoms with Gasteiger partial charge < -0.3 is 5.32 Å². The normalized spacial score (nSPS) is 16.3. The molecule has 1 aliphatic rings. The van der Waals surface area contributed by atoms with Crippen LogP contribution in [0.1, 0.15) is 68.9 Å². The summed E-state index contributed by atoms with van der Waals surface area (Å²) in [6.07, 6.45) is 18.4. The number of unbranched alkanes of at least 4 members (excludes halogenated alkanes) is 1. The quantitative estimate of drug-likeness (QED) is 0.270. The highest BCUT2D eigenvalue weighted by atomic mass is 32.3. The lowest BCUT2D eigenvalue weighted by Gasteiger charge is -2.24. The fourth-order valence-electron chi connectivity index (χ4n) is 4.32. The standard InChI is InChI=1S/C27H41N3S/c1-5-28-27(29-19-9-10-20-31(2,3)4)25-17-18-26(30-21-25)24-15-13-23(14-16-24)22-11-7-6-8-12-22/h13-18,21-22H,5-12,19-20H2,1-4H3,(H,28,29). The van der Waals surface area contributed by atoms with E-state index >= 15 is 0 Å². The summed E-state index contributed by atoms with van der Waals surface area (Å²) in [6.45, 7) is 3.87. The van der Waals surface area contributed by atoms with Gasteiger partial charge in [0.1, 0.15) is 5.84 Å². The molecule has 3 rings (SSSR count). The van der Waals surface area contributed by atoms with Crippen LogP contribution in [0.5, 0.6) is 0 Å². The van der Waals surface area contributed by atoms with Gasteiger partial charge in [-0.2, -0.15) is 0 Å². The number of nitrogens with zero attached hydrogens (tertiary/aromatic N) is 2. The first-order chi connectivity index (χ1) is 15.0. The molecule has 1 N–H and O–H groups in total. The molecular weight excluding hydrogens is 398 g/mol. The van der Waals surface area contributed by atoms with E-state index in [0.29, 0.717) is 0 Å². The van der Waals surface area contributed by atoms with Gasteiger partial charge in [-0.05, 0) is 80.7 Å². The van der Waals surface area contributed by atoms with Crippen LogP contribution in [0.3, 0.4) is 0 Å². The SMILES string of the molecule is CCNC(=NCCCCS(C)(C)C)c1ccc(-c2ccc(C3CCCCC3)cc2)nc1. The second-order valence-corrected chi connectivity index (χ2v) is 14.2. The molecule has 0 radical (unpaired) electrons. The molecule has 0 aliphatic heterocycles. The van der Waals surface area contributed by atoms with Gasteiger partial charge in [-0.15, -0.1) is 0 Å². The zero-order chi connectivity index (χ0) is 22.1. The smallest absolute Gasteiger partial charge is 0.129 e. The van der Waals surface area contributed by atoms with Crippen LogP contribution in [0.25, 0.3) is 11.3 Å². The van der Waals surface area contributed by atoms with Gasteiger partial charge in [0.05, 0.1) is 5.69 Å². The number of amidine groups is 1. The molecule has 0 spiro atoms. The van der Waals surface area contributed by atoms with Crippen LogP contribution in [0.4, 0.5) is 0 Å². The minimum absolute atomic E-state index is 0.402. The molecule has 0 unspecified atom stereocenters. The Morgan fingerprint density at radius 1 is 1.00 bits per heavy atom. The van der Waals surface area contributed by atoms with Crippen molar-refractivity contribution < 1.29 is 0 Å². The van der Waals surface area contributed by atoms with Crippen molar-refractivity contribution in [3.05, 3.63) is 53.7 Å². The van der Waals surface area contributed by atoms with E-state index in [1.165, 1.54) is 55.4 Å². The highest BCUT2D eigenvalue weighted by Gasteiger charge is 2.15. The lowest BCUT2D eigenvalue weighted by atomic mass is 9.84. The molecule has 1 fully saturated rings. The number of nitrogens with one attached hydrogen (secondary N) is 1. The summed E-state index contributed by atoms with van der Waals surface area (Å²) < 4.78 is 0. The first kappa shape index (κ1) is 23.8. The topological polar surface area (TPSA) is 37.3 Å². The van der Waals surface area contributed by atoms with Crippen LogP contribution in [0.2, 0.25) is 0 Å². The Morgan fingerprint density at radius 2 is 1.74 bits per heavy atom. The van der Waals surface area contributed by atoms with E-state index < -0.39 is 10.0 Å². The summed E-state index contributed by atoms with van der Waals surface area (Å²) in [5.74, 6) is 3.05. The molecule has 0 amide bonds. The van der Waals surface area contributed by atoms with E-state index in [9.17, 15) is 0 Å². The summed E-state index contributed by atoms with van der Waals surface area (Å²) in [7, 11) is -0.402. The second-order valence-electron chi connectivity index (χ2n) is 9.65. The number of hydrogen-bond donors (Lipinski definition) is 1. The Bertz CT molecular complexity index is 813. The van der Waals surface area contributed by atoms with Gasteiger partial charge in [0, 0.05) is 30.4 Å². The van der Waals surface area contributed by atoms with Gasteiger partial charge in [0.25, 0.3) is 0 Å². The number of aliphatic imine (C=N–C) groups is 1. The first-order valence-electron chi connectivity index (χ1n) is 12.0. The van der Waals surface area contributed by atoms with Gasteiger partial charge in [-0.3, -0.25) is 9.98 Å². The molecule has 170 valence electrons. The summed E-state index contributed by atoms with van der Waals surface area (Å²) in [4.78, 5) is 9.60. The van der Waals surface area contributed by atoms with Gasteiger partial charge in [0.15, 0.2) is 0 Å². The summed E-state index contributed by atoms with van der Waals surface area (Å²) in [5, 5.41) is 3.42. The van der Waals surface area contributed by atoms with Crippen LogP contribution in [0.15, 0.2) is 47.6 Å². The van der Waals surface area contributed by atoms with Gasteiger partial charge >= 0.3 is 0 Å². The van der Waals surface area contributed by atoms with Crippen LogP contribution in [-0.4, -0.2) is 48.4 Å². The third kappa shape index (κ3) is 7.68. The molecule has 0 atom stereocenters. The molecule has 31 heavy (non-hydrogen) atoms. The molecule has 1 aromatic heterocycles. The van der Waals surface area contributed by atoms with Gasteiger partial charge in [-0.25, -0.2) is 10.0 Å². The minimum atomic E-state index is -0.402. The van der Waals surface area contributed by atoms with Crippen molar-refractivity contribution in [1.29, 1.82) is 0 Å². The van der Waals surface area contributed by atoms with E-state index in [-0.39, 0.29) is 0 Å². The Hall–Kier alpha value is -1.81. The average Bonchev–Trinajstić information content (AvgIpc) is 2.78. The monoisotopic (exact) mass is 439 g/mol. The second kappa shape index (κ2) is 11.7. The molecule has 0 bridgehead atoms. The molecule has 0 saturated heterocycles. The van der Waals surface area contributed by atoms with Crippen LogP contribution in [0, 0.1) is 0 Å². The van der Waals surface area contributed by atoms with E-state index in [1.54, 1.807) is 0 Å². The summed E-state index contributed by atoms with van der Waals surface area (Å²) in [6, 6.07) is 13.4. The van der Waals surface area contributed by atoms with Gasteiger partial charge in [0.2, 0.25) is 0 Å². The summed E-state index contributed by atoms with van der Waals surface area (Å²) in [5.41, 5.74) is 4.79. The molecule has 1 heterocycles. The molecule has 1 saturated carbocycles. The zero-order valence-electron chi connectivity index (χ0n) is 20.0. The lowest BCUT2D eigenvalue weighted by Crippen LogP contribution is -2.24. The fraction of sp³-hybridized carbons (Fsp3) is 0.556. The number of pyridine rings is 1. The van der Waals surface area contributed by atoms with Crippen molar-refractivity contribution in [2.24, 2.45) is 4.99 Å². The Labute approximate surface area is 191 Å². The van der Waals surface area contributed by atoms with Crippen molar-refractivity contribution in [1.82, 2.24) is 10.3 Å². The number of hydrogen-bond acceptors (Lipinski definition) is 2. The highest BCUT2D eigenvalue weighted by molar-refractivity contribution is 8.32. The summed E-state index contributed by atoms with van der Waals surface area (Å²) >= 11 is 0. The number of aromatic nitrogens is 1. The highest BCUT2D eigenvalue weighted by Crippen LogP contribution is 2.35. The average molecular weight is 440 g/mol. The maximum Gasteiger partial charge on any atom is 0.129 e. The molecule has 1 aromatic carbocycles. The number of rotatable bonds is 9.